The zero-order chi connectivity index (χ0) is 5.54. The molecule has 3 heteroatoms. The van der Waals surface area contributed by atoms with Crippen molar-refractivity contribution in [2.75, 3.05) is 0 Å². The Hall–Kier alpha value is -0.570. The van der Waals surface area contributed by atoms with Gasteiger partial charge >= 0.3 is 0 Å². The van der Waals surface area contributed by atoms with E-state index in [4.69, 9.17) is 5.41 Å². The van der Waals surface area contributed by atoms with Crippen LogP contribution in [0.3, 0.4) is 0 Å². The van der Waals surface area contributed by atoms with Gasteiger partial charge in [-0.15, -0.1) is 0 Å². The molecule has 0 amide bonds. The van der Waals surface area contributed by atoms with E-state index in [-0.39, 0.29) is 0 Å². The van der Waals surface area contributed by atoms with Gasteiger partial charge in [0.2, 0.25) is 0 Å². The first kappa shape index (κ1) is 6.43. The van der Waals surface area contributed by atoms with Crippen LogP contribution < -0.4 is 0 Å². The van der Waals surface area contributed by atoms with Crippen molar-refractivity contribution in [2.24, 2.45) is 4.99 Å². The lowest BCUT2D eigenvalue weighted by Crippen LogP contribution is -1.47. The van der Waals surface area contributed by atoms with Gasteiger partial charge in [-0.1, -0.05) is 11.8 Å². The minimum Gasteiger partial charge on any atom is -0.302 e. The zero-order valence-corrected chi connectivity index (χ0v) is 4.61. The summed E-state index contributed by atoms with van der Waals surface area (Å²) in [6, 6.07) is 0. The Balaban J connectivity index is 3.08. The maximum Gasteiger partial charge on any atom is 0.0549 e. The molecule has 0 aromatic carbocycles. The maximum atomic E-state index is 6.51. The Labute approximate surface area is 46.8 Å². The normalized spacial score (nSPS) is 9.14. The Morgan fingerprint density at radius 2 is 2.43 bits per heavy atom. The first-order chi connectivity index (χ1) is 3.41. The van der Waals surface area contributed by atoms with Crippen LogP contribution in [0.5, 0.6) is 0 Å². The number of hydrogen-bond donors (Lipinski definition) is 1. The number of nitrogens with one attached hydrogen (secondary N) is 1. The summed E-state index contributed by atoms with van der Waals surface area (Å²) in [4.78, 5) is 3.42. The monoisotopic (exact) mass is 114 g/mol. The van der Waals surface area contributed by atoms with E-state index in [2.05, 4.69) is 11.7 Å². The number of aliphatic imine (C=N–C) groups is 1. The Morgan fingerprint density at radius 3 is 2.86 bits per heavy atom. The van der Waals surface area contributed by atoms with Crippen molar-refractivity contribution in [3.63, 3.8) is 0 Å². The van der Waals surface area contributed by atoms with E-state index < -0.39 is 0 Å². The quantitative estimate of drug-likeness (QED) is 0.438. The van der Waals surface area contributed by atoms with E-state index in [1.807, 2.05) is 0 Å². The second-order valence-electron chi connectivity index (χ2n) is 0.722. The number of rotatable bonds is 3. The standard InChI is InChI=1S/C4H6N2S/c1-6-2-3-7-4-5/h2-5H,1H2/b3-2-,5-4?. The largest absolute Gasteiger partial charge is 0.302 e. The molecule has 0 fully saturated rings. The summed E-state index contributed by atoms with van der Waals surface area (Å²) in [5.41, 5.74) is 1.22. The molecule has 0 bridgehead atoms. The summed E-state index contributed by atoms with van der Waals surface area (Å²) in [7, 11) is 0. The SMILES string of the molecule is C=N/C=C\SC=N. The highest BCUT2D eigenvalue weighted by molar-refractivity contribution is 8.14. The fraction of sp³-hybridized carbons (Fsp3) is 0. The molecule has 0 unspecified atom stereocenters. The number of nitrogens with zero attached hydrogens (tertiary/aromatic N) is 1. The minimum absolute atomic E-state index is 1.22. The molecule has 0 aliphatic carbocycles. The van der Waals surface area contributed by atoms with Crippen LogP contribution in [0.2, 0.25) is 0 Å². The molecule has 0 saturated carbocycles. The van der Waals surface area contributed by atoms with Crippen LogP contribution in [-0.2, 0) is 0 Å². The van der Waals surface area contributed by atoms with Crippen LogP contribution in [0.25, 0.3) is 0 Å². The molecule has 7 heavy (non-hydrogen) atoms. The molecule has 1 N–H and O–H groups in total. The lowest BCUT2D eigenvalue weighted by Gasteiger charge is -1.70. The van der Waals surface area contributed by atoms with E-state index >= 15 is 0 Å². The summed E-state index contributed by atoms with van der Waals surface area (Å²) < 4.78 is 0. The molecule has 2 nitrogen and oxygen atoms in total. The fourth-order valence-corrected chi connectivity index (χ4v) is 0.352. The molecule has 0 rings (SSSR count). The first-order valence-electron chi connectivity index (χ1n) is 1.67. The van der Waals surface area contributed by atoms with Gasteiger partial charge < -0.3 is 5.41 Å². The molecule has 0 saturated heterocycles. The average Bonchev–Trinajstić information content (AvgIpc) is 1.69. The average molecular weight is 114 g/mol. The van der Waals surface area contributed by atoms with Crippen LogP contribution in [-0.4, -0.2) is 12.3 Å². The van der Waals surface area contributed by atoms with Gasteiger partial charge in [0, 0.05) is 6.20 Å². The van der Waals surface area contributed by atoms with Crippen molar-refractivity contribution >= 4 is 24.0 Å². The molecule has 0 aromatic rings. The molecule has 0 aliphatic rings. The third kappa shape index (κ3) is 5.43. The smallest absolute Gasteiger partial charge is 0.0549 e. The third-order valence-corrected chi connectivity index (χ3v) is 0.728. The minimum atomic E-state index is 1.22. The van der Waals surface area contributed by atoms with Crippen molar-refractivity contribution in [2.45, 2.75) is 0 Å². The molecule has 0 aromatic heterocycles. The van der Waals surface area contributed by atoms with E-state index in [1.165, 1.54) is 23.5 Å². The van der Waals surface area contributed by atoms with Crippen LogP contribution in [0.1, 0.15) is 0 Å². The molecule has 0 spiro atoms. The molecule has 38 valence electrons. The molecular weight excluding hydrogens is 108 g/mol. The number of thioether (sulfide) groups is 1. The summed E-state index contributed by atoms with van der Waals surface area (Å²) in [5.74, 6) is 0. The van der Waals surface area contributed by atoms with Gasteiger partial charge in [-0.25, -0.2) is 0 Å². The highest BCUT2D eigenvalue weighted by atomic mass is 32.2. The summed E-state index contributed by atoms with van der Waals surface area (Å²) >= 11 is 1.26. The first-order valence-corrected chi connectivity index (χ1v) is 2.61. The lowest BCUT2D eigenvalue weighted by molar-refractivity contribution is 1.60. The molecule has 0 radical (unpaired) electrons. The Bertz CT molecular complexity index is 87.7. The van der Waals surface area contributed by atoms with Crippen molar-refractivity contribution < 1.29 is 0 Å². The maximum absolute atomic E-state index is 6.51. The molecule has 0 aliphatic heterocycles. The van der Waals surface area contributed by atoms with Gasteiger partial charge in [0.15, 0.2) is 0 Å². The van der Waals surface area contributed by atoms with Gasteiger partial charge in [-0.3, -0.25) is 4.99 Å². The van der Waals surface area contributed by atoms with Crippen LogP contribution >= 0.6 is 11.8 Å². The van der Waals surface area contributed by atoms with Gasteiger partial charge in [0.1, 0.15) is 0 Å². The molecule has 0 heterocycles. The summed E-state index contributed by atoms with van der Waals surface area (Å²) in [5, 5.41) is 8.19. The predicted molar refractivity (Wildman–Crippen MR) is 35.1 cm³/mol. The van der Waals surface area contributed by atoms with Crippen molar-refractivity contribution in [1.29, 1.82) is 5.41 Å². The highest BCUT2D eigenvalue weighted by Gasteiger charge is 1.61. The summed E-state index contributed by atoms with van der Waals surface area (Å²) in [6.45, 7) is 3.21. The zero-order valence-electron chi connectivity index (χ0n) is 3.79. The van der Waals surface area contributed by atoms with Crippen LogP contribution in [0.4, 0.5) is 0 Å². The van der Waals surface area contributed by atoms with Gasteiger partial charge in [-0.2, -0.15) is 0 Å². The number of hydrogen-bond acceptors (Lipinski definition) is 3. The Morgan fingerprint density at radius 1 is 1.71 bits per heavy atom. The van der Waals surface area contributed by atoms with Crippen molar-refractivity contribution in [1.82, 2.24) is 0 Å². The van der Waals surface area contributed by atoms with E-state index in [0.29, 0.717) is 0 Å². The topological polar surface area (TPSA) is 36.2 Å². The van der Waals surface area contributed by atoms with Gasteiger partial charge in [-0.05, 0) is 12.1 Å². The molecular formula is C4H6N2S. The second kappa shape index (κ2) is 5.43. The highest BCUT2D eigenvalue weighted by Crippen LogP contribution is 1.93. The van der Waals surface area contributed by atoms with Gasteiger partial charge in [0.25, 0.3) is 0 Å². The van der Waals surface area contributed by atoms with Crippen LogP contribution in [0.15, 0.2) is 16.6 Å². The fourth-order valence-electron chi connectivity index (χ4n) is 0.117. The van der Waals surface area contributed by atoms with E-state index in [0.717, 1.165) is 0 Å². The van der Waals surface area contributed by atoms with Gasteiger partial charge in [0.05, 0.1) is 5.55 Å². The van der Waals surface area contributed by atoms with Crippen molar-refractivity contribution in [3.8, 4) is 0 Å². The lowest BCUT2D eigenvalue weighted by atomic mass is 11.1. The van der Waals surface area contributed by atoms with Crippen LogP contribution in [0, 0.1) is 5.41 Å². The summed E-state index contributed by atoms with van der Waals surface area (Å²) in [6.07, 6.45) is 1.54. The van der Waals surface area contributed by atoms with E-state index in [1.54, 1.807) is 5.41 Å². The predicted octanol–water partition coefficient (Wildman–Crippen LogP) is 1.50. The second-order valence-corrected chi connectivity index (χ2v) is 1.50. The third-order valence-electron chi connectivity index (χ3n) is 0.313. The van der Waals surface area contributed by atoms with Crippen molar-refractivity contribution in [3.05, 3.63) is 11.6 Å². The Kier molecular flexibility index (Phi) is 4.99. The van der Waals surface area contributed by atoms with E-state index in [9.17, 15) is 0 Å². The molecule has 0 atom stereocenters.